The zero-order valence-electron chi connectivity index (χ0n) is 64.4. The van der Waals surface area contributed by atoms with Crippen LogP contribution in [0.3, 0.4) is 0 Å². The second-order valence-electron chi connectivity index (χ2n) is 29.4. The molecule has 0 aromatic rings. The van der Waals surface area contributed by atoms with Crippen LogP contribution in [0.5, 0.6) is 0 Å². The SMILES string of the molecule is CCCCCCCOC(CCCCCCCOC(O)C(CC)CCCC)(OC(CCCCCOCC(C)(C)C)OC(C)(C)C(OC(CCOC(C)C)(OC)OCC)C(OCCC(C)C)(OCC(C)C)OC(C)(CCCC)OCCCCOCCC)OC(C)(CC)CC. The molecule has 16 nitrogen and oxygen atoms in total. The minimum atomic E-state index is -2.01. The summed E-state index contributed by atoms with van der Waals surface area (Å²) in [5, 5.41) is 10.9. The van der Waals surface area contributed by atoms with Crippen LogP contribution >= 0.6 is 0 Å². The van der Waals surface area contributed by atoms with Gasteiger partial charge in [-0.15, -0.1) is 0 Å². The molecular formula is C76H154O16. The van der Waals surface area contributed by atoms with Crippen molar-refractivity contribution in [3.8, 4) is 0 Å². The predicted molar refractivity (Wildman–Crippen MR) is 375 cm³/mol. The summed E-state index contributed by atoms with van der Waals surface area (Å²) in [6.07, 6.45) is 21.6. The first-order chi connectivity index (χ1) is 43.6. The highest BCUT2D eigenvalue weighted by Gasteiger charge is 2.60. The molecule has 8 unspecified atom stereocenters. The highest BCUT2D eigenvalue weighted by atomic mass is 16.9. The molecule has 1 N–H and O–H groups in total. The van der Waals surface area contributed by atoms with Crippen molar-refractivity contribution in [2.75, 3.05) is 79.8 Å². The van der Waals surface area contributed by atoms with E-state index >= 15 is 0 Å². The summed E-state index contributed by atoms with van der Waals surface area (Å²) in [5.41, 5.74) is -1.94. The van der Waals surface area contributed by atoms with Crippen LogP contribution in [-0.2, 0) is 71.1 Å². The van der Waals surface area contributed by atoms with Crippen LogP contribution in [0.15, 0.2) is 0 Å². The molecule has 0 rings (SSSR count). The second-order valence-corrected chi connectivity index (χ2v) is 29.4. The van der Waals surface area contributed by atoms with Crippen molar-refractivity contribution < 1.29 is 76.2 Å². The van der Waals surface area contributed by atoms with Gasteiger partial charge in [-0.2, -0.15) is 0 Å². The third-order valence-corrected chi connectivity index (χ3v) is 16.9. The fraction of sp³-hybridized carbons (Fsp3) is 1.00. The van der Waals surface area contributed by atoms with Crippen LogP contribution in [0.2, 0.25) is 0 Å². The Labute approximate surface area is 568 Å². The Morgan fingerprint density at radius 3 is 1.62 bits per heavy atom. The van der Waals surface area contributed by atoms with Crippen LogP contribution in [0.25, 0.3) is 0 Å². The Balaban J connectivity index is 8.65. The Morgan fingerprint density at radius 1 is 0.424 bits per heavy atom. The quantitative estimate of drug-likeness (QED) is 0.0452. The molecule has 0 saturated carbocycles. The molecule has 0 aromatic carbocycles. The average Bonchev–Trinajstić information content (AvgIpc) is 0.759. The monoisotopic (exact) mass is 1320 g/mol. The Kier molecular flexibility index (Phi) is 52.0. The third kappa shape index (κ3) is 42.3. The van der Waals surface area contributed by atoms with Gasteiger partial charge in [0.15, 0.2) is 24.5 Å². The number of methoxy groups -OCH3 is 1. The highest BCUT2D eigenvalue weighted by Crippen LogP contribution is 2.44. The predicted octanol–water partition coefficient (Wildman–Crippen LogP) is 19.9. The minimum Gasteiger partial charge on any atom is -0.381 e. The number of unbranched alkanes of at least 4 members (excludes halogenated alkanes) is 13. The number of aliphatic hydroxyl groups excluding tert-OH is 1. The molecule has 0 bridgehead atoms. The zero-order valence-corrected chi connectivity index (χ0v) is 64.4. The fourth-order valence-electron chi connectivity index (χ4n) is 10.8. The maximum Gasteiger partial charge on any atom is 0.316 e. The minimum absolute atomic E-state index is 0.0442. The van der Waals surface area contributed by atoms with Crippen molar-refractivity contribution in [2.45, 2.75) is 391 Å². The van der Waals surface area contributed by atoms with E-state index in [1.54, 1.807) is 7.11 Å². The maximum absolute atomic E-state index is 10.9. The van der Waals surface area contributed by atoms with Crippen LogP contribution in [-0.4, -0.2) is 145 Å². The van der Waals surface area contributed by atoms with Gasteiger partial charge in [-0.25, -0.2) is 0 Å². The van der Waals surface area contributed by atoms with E-state index < -0.39 is 53.6 Å². The zero-order chi connectivity index (χ0) is 69.4. The summed E-state index contributed by atoms with van der Waals surface area (Å²) in [6.45, 7) is 49.7. The summed E-state index contributed by atoms with van der Waals surface area (Å²) in [7, 11) is 1.60. The van der Waals surface area contributed by atoms with Crippen molar-refractivity contribution in [3.05, 3.63) is 0 Å². The summed E-state index contributed by atoms with van der Waals surface area (Å²) in [6, 6.07) is 0. The van der Waals surface area contributed by atoms with Gasteiger partial charge in [0.2, 0.25) is 0 Å². The van der Waals surface area contributed by atoms with Crippen molar-refractivity contribution in [3.63, 3.8) is 0 Å². The van der Waals surface area contributed by atoms with Gasteiger partial charge in [-0.1, -0.05) is 168 Å². The van der Waals surface area contributed by atoms with Crippen molar-refractivity contribution in [2.24, 2.45) is 23.2 Å². The lowest BCUT2D eigenvalue weighted by Gasteiger charge is -2.52. The van der Waals surface area contributed by atoms with Gasteiger partial charge in [-0.3, -0.25) is 9.47 Å². The van der Waals surface area contributed by atoms with E-state index in [-0.39, 0.29) is 62.1 Å². The Morgan fingerprint density at radius 2 is 1.02 bits per heavy atom. The van der Waals surface area contributed by atoms with Crippen molar-refractivity contribution in [1.29, 1.82) is 0 Å². The lowest BCUT2D eigenvalue weighted by Crippen LogP contribution is -2.67. The maximum atomic E-state index is 10.9. The summed E-state index contributed by atoms with van der Waals surface area (Å²) >= 11 is 0. The first kappa shape index (κ1) is 91.4. The molecule has 0 radical (unpaired) electrons. The third-order valence-electron chi connectivity index (χ3n) is 16.9. The molecular weight excluding hydrogens is 1170 g/mol. The lowest BCUT2D eigenvalue weighted by atomic mass is 9.97. The smallest absolute Gasteiger partial charge is 0.316 e. The molecule has 8 atom stereocenters. The first-order valence-corrected chi connectivity index (χ1v) is 37.9. The molecule has 0 aromatic heterocycles. The van der Waals surface area contributed by atoms with Gasteiger partial charge in [0.1, 0.15) is 5.60 Å². The Hall–Kier alpha value is -0.640. The van der Waals surface area contributed by atoms with Gasteiger partial charge in [0, 0.05) is 58.9 Å². The molecule has 0 saturated heterocycles. The molecule has 0 aliphatic heterocycles. The summed E-state index contributed by atoms with van der Waals surface area (Å²) in [4.78, 5) is 0. The van der Waals surface area contributed by atoms with Crippen LogP contribution < -0.4 is 0 Å². The molecule has 0 spiro atoms. The van der Waals surface area contributed by atoms with E-state index in [0.717, 1.165) is 154 Å². The number of rotatable bonds is 67. The summed E-state index contributed by atoms with van der Waals surface area (Å²) < 4.78 is 105. The van der Waals surface area contributed by atoms with Gasteiger partial charge in [0.05, 0.1) is 57.8 Å². The number of hydrogen-bond acceptors (Lipinski definition) is 16. The van der Waals surface area contributed by atoms with Crippen LogP contribution in [0.4, 0.5) is 0 Å². The Bertz CT molecular complexity index is 1660. The topological polar surface area (TPSA) is 159 Å². The largest absolute Gasteiger partial charge is 0.381 e. The number of aliphatic hydroxyl groups is 1. The molecule has 0 fully saturated rings. The normalized spacial score (nSPS) is 16.9. The van der Waals surface area contributed by atoms with E-state index in [1.807, 2.05) is 41.5 Å². The second kappa shape index (κ2) is 52.4. The van der Waals surface area contributed by atoms with Gasteiger partial charge in [-0.05, 0) is 162 Å². The average molecular weight is 1320 g/mol. The van der Waals surface area contributed by atoms with E-state index in [1.165, 1.54) is 6.42 Å². The molecule has 554 valence electrons. The molecule has 0 aliphatic carbocycles. The van der Waals surface area contributed by atoms with Gasteiger partial charge < -0.3 is 66.7 Å². The van der Waals surface area contributed by atoms with Crippen molar-refractivity contribution >= 4 is 0 Å². The van der Waals surface area contributed by atoms with E-state index in [4.69, 9.17) is 71.1 Å². The molecule has 16 heteroatoms. The molecule has 0 aliphatic rings. The first-order valence-electron chi connectivity index (χ1n) is 37.9. The standard InChI is InChI=1S/C76H154O16/c1-23-31-34-37-44-58-85-75(91-72(20,28-6)29-7,51-41-36-35-38-43-56-82-68(77)66(27-5)47-32-24-2)89-67(48-40-39-42-55-80-62-70(15,16)17)88-71(18,19)69(90-74(78-22,83-30-8)52-60-81-65(13)14)76(87-61-64(11)12,86-59-49-63(9)10)92-73(21,50-33-25-3)84-57-46-45-54-79-53-26-4/h63-69,77H,23-62H2,1-22H3. The van der Waals surface area contributed by atoms with Crippen molar-refractivity contribution in [1.82, 2.24) is 0 Å². The number of ether oxygens (including phenoxy) is 15. The fourth-order valence-corrected chi connectivity index (χ4v) is 10.8. The molecule has 0 amide bonds. The van der Waals surface area contributed by atoms with E-state index in [2.05, 4.69) is 104 Å². The molecule has 0 heterocycles. The van der Waals surface area contributed by atoms with E-state index in [0.29, 0.717) is 65.3 Å². The lowest BCUT2D eigenvalue weighted by molar-refractivity contribution is -0.520. The van der Waals surface area contributed by atoms with Gasteiger partial charge >= 0.3 is 5.97 Å². The number of hydrogen-bond donors (Lipinski definition) is 1. The van der Waals surface area contributed by atoms with Crippen LogP contribution in [0, 0.1) is 23.2 Å². The van der Waals surface area contributed by atoms with E-state index in [9.17, 15) is 5.11 Å². The van der Waals surface area contributed by atoms with Crippen LogP contribution in [0.1, 0.15) is 332 Å². The molecule has 92 heavy (non-hydrogen) atoms. The summed E-state index contributed by atoms with van der Waals surface area (Å²) in [5.74, 6) is -5.96. The van der Waals surface area contributed by atoms with Gasteiger partial charge in [0.25, 0.3) is 11.9 Å². The highest BCUT2D eigenvalue weighted by molar-refractivity contribution is 4.93.